The minimum absolute atomic E-state index is 0.370. The van der Waals surface area contributed by atoms with Crippen molar-refractivity contribution in [2.24, 2.45) is 0 Å². The molecule has 0 fully saturated rings. The van der Waals surface area contributed by atoms with Gasteiger partial charge >= 0.3 is 0 Å². The Morgan fingerprint density at radius 1 is 0.864 bits per heavy atom. The predicted octanol–water partition coefficient (Wildman–Crippen LogP) is 3.74. The third kappa shape index (κ3) is 3.39. The fraction of sp³-hybridized carbons (Fsp3) is 0.333. The molecule has 0 heterocycles. The van der Waals surface area contributed by atoms with Gasteiger partial charge in [-0.15, -0.1) is 0 Å². The van der Waals surface area contributed by atoms with Crippen LogP contribution in [0.2, 0.25) is 0 Å². The molecule has 4 heteroatoms. The molecule has 0 radical (unpaired) electrons. The van der Waals surface area contributed by atoms with Gasteiger partial charge in [0.15, 0.2) is 0 Å². The van der Waals surface area contributed by atoms with Crippen molar-refractivity contribution in [3.05, 3.63) is 64.2 Å². The number of rotatable bonds is 4. The number of benzene rings is 2. The number of nitrogens with zero attached hydrogens (tertiary/aromatic N) is 1. The van der Waals surface area contributed by atoms with Crippen molar-refractivity contribution in [1.29, 1.82) is 0 Å². The van der Waals surface area contributed by atoms with E-state index >= 15 is 0 Å². The van der Waals surface area contributed by atoms with Gasteiger partial charge in [-0.3, -0.25) is 0 Å². The monoisotopic (exact) mass is 317 g/mol. The van der Waals surface area contributed by atoms with E-state index in [1.165, 1.54) is 9.87 Å². The summed E-state index contributed by atoms with van der Waals surface area (Å²) in [5, 5.41) is 0. The van der Waals surface area contributed by atoms with Crippen LogP contribution in [0, 0.1) is 27.7 Å². The topological polar surface area (TPSA) is 37.4 Å². The molecule has 0 aliphatic carbocycles. The fourth-order valence-corrected chi connectivity index (χ4v) is 4.33. The minimum Gasteiger partial charge on any atom is -0.207 e. The lowest BCUT2D eigenvalue weighted by Crippen LogP contribution is -2.27. The highest BCUT2D eigenvalue weighted by molar-refractivity contribution is 7.89. The number of hydrogen-bond donors (Lipinski definition) is 0. The summed E-state index contributed by atoms with van der Waals surface area (Å²) >= 11 is 0. The number of aryl methyl sites for hydroxylation is 4. The zero-order valence-electron chi connectivity index (χ0n) is 13.8. The minimum atomic E-state index is -3.49. The molecule has 0 aliphatic rings. The molecular weight excluding hydrogens is 294 g/mol. The van der Waals surface area contributed by atoms with Gasteiger partial charge in [0.1, 0.15) is 0 Å². The van der Waals surface area contributed by atoms with Crippen LogP contribution in [0.3, 0.4) is 0 Å². The summed E-state index contributed by atoms with van der Waals surface area (Å²) in [6, 6.07) is 11.8. The Morgan fingerprint density at radius 3 is 1.86 bits per heavy atom. The van der Waals surface area contributed by atoms with E-state index < -0.39 is 10.0 Å². The van der Waals surface area contributed by atoms with Gasteiger partial charge in [-0.2, -0.15) is 4.31 Å². The predicted molar refractivity (Wildman–Crippen MR) is 90.5 cm³/mol. The van der Waals surface area contributed by atoms with E-state index in [1.807, 2.05) is 64.1 Å². The van der Waals surface area contributed by atoms with Crippen molar-refractivity contribution in [2.75, 3.05) is 7.05 Å². The van der Waals surface area contributed by atoms with E-state index in [0.717, 1.165) is 22.3 Å². The lowest BCUT2D eigenvalue weighted by molar-refractivity contribution is 0.466. The number of sulfonamides is 1. The molecule has 118 valence electrons. The highest BCUT2D eigenvalue weighted by Gasteiger charge is 2.25. The lowest BCUT2D eigenvalue weighted by Gasteiger charge is -2.20. The molecule has 0 bridgehead atoms. The van der Waals surface area contributed by atoms with Crippen molar-refractivity contribution in [1.82, 2.24) is 4.31 Å². The Labute approximate surface area is 133 Å². The summed E-state index contributed by atoms with van der Waals surface area (Å²) in [6.07, 6.45) is 0. The average Bonchev–Trinajstić information content (AvgIpc) is 2.39. The zero-order valence-corrected chi connectivity index (χ0v) is 14.7. The SMILES string of the molecule is Cc1ccc(CN(C)S(=O)(=O)c2c(C)cc(C)cc2C)cc1. The molecule has 3 nitrogen and oxygen atoms in total. The molecule has 0 atom stereocenters. The number of hydrogen-bond acceptors (Lipinski definition) is 2. The molecule has 2 aromatic carbocycles. The molecule has 0 aliphatic heterocycles. The standard InChI is InChI=1S/C18H23NO2S/c1-13-6-8-17(9-7-13)12-19(5)22(20,21)18-15(3)10-14(2)11-16(18)4/h6-11H,12H2,1-5H3. The Balaban J connectivity index is 2.36. The maximum absolute atomic E-state index is 12.9. The Kier molecular flexibility index (Phi) is 4.73. The zero-order chi connectivity index (χ0) is 16.5. The van der Waals surface area contributed by atoms with Gasteiger partial charge in [0.2, 0.25) is 10.0 Å². The maximum Gasteiger partial charge on any atom is 0.243 e. The molecule has 0 amide bonds. The van der Waals surface area contributed by atoms with Gasteiger partial charge in [0.25, 0.3) is 0 Å². The fourth-order valence-electron chi connectivity index (χ4n) is 2.77. The van der Waals surface area contributed by atoms with Crippen LogP contribution < -0.4 is 0 Å². The van der Waals surface area contributed by atoms with Crippen LogP contribution in [0.4, 0.5) is 0 Å². The third-order valence-electron chi connectivity index (χ3n) is 3.80. The third-order valence-corrected chi connectivity index (χ3v) is 5.91. The van der Waals surface area contributed by atoms with E-state index in [2.05, 4.69) is 0 Å². The van der Waals surface area contributed by atoms with Crippen LogP contribution in [0.1, 0.15) is 27.8 Å². The maximum atomic E-state index is 12.9. The molecule has 22 heavy (non-hydrogen) atoms. The van der Waals surface area contributed by atoms with E-state index in [0.29, 0.717) is 11.4 Å². The summed E-state index contributed by atoms with van der Waals surface area (Å²) in [6.45, 7) is 8.07. The normalized spacial score (nSPS) is 11.9. The smallest absolute Gasteiger partial charge is 0.207 e. The molecule has 0 saturated carbocycles. The summed E-state index contributed by atoms with van der Waals surface area (Å²) in [4.78, 5) is 0.424. The van der Waals surface area contributed by atoms with Gasteiger partial charge < -0.3 is 0 Å². The molecular formula is C18H23NO2S. The molecule has 0 aromatic heterocycles. The van der Waals surface area contributed by atoms with Crippen LogP contribution >= 0.6 is 0 Å². The second kappa shape index (κ2) is 6.23. The Morgan fingerprint density at radius 2 is 1.36 bits per heavy atom. The second-order valence-electron chi connectivity index (χ2n) is 5.97. The molecule has 0 unspecified atom stereocenters. The van der Waals surface area contributed by atoms with Crippen molar-refractivity contribution in [3.8, 4) is 0 Å². The quantitative estimate of drug-likeness (QED) is 0.861. The van der Waals surface area contributed by atoms with E-state index in [9.17, 15) is 8.42 Å². The Hall–Kier alpha value is -1.65. The van der Waals surface area contributed by atoms with Crippen molar-refractivity contribution < 1.29 is 8.42 Å². The molecule has 2 rings (SSSR count). The summed E-state index contributed by atoms with van der Waals surface area (Å²) < 4.78 is 27.2. The van der Waals surface area contributed by atoms with Crippen LogP contribution in [0.25, 0.3) is 0 Å². The summed E-state index contributed by atoms with van der Waals surface area (Å²) in [5.41, 5.74) is 4.83. The molecule has 0 spiro atoms. The average molecular weight is 317 g/mol. The Bertz CT molecular complexity index is 754. The van der Waals surface area contributed by atoms with Crippen LogP contribution in [0.5, 0.6) is 0 Å². The first-order chi connectivity index (χ1) is 10.2. The van der Waals surface area contributed by atoms with Gasteiger partial charge in [-0.05, 0) is 44.4 Å². The van der Waals surface area contributed by atoms with Crippen LogP contribution in [0.15, 0.2) is 41.3 Å². The first kappa shape index (κ1) is 16.7. The molecule has 0 saturated heterocycles. The van der Waals surface area contributed by atoms with Gasteiger partial charge in [0.05, 0.1) is 4.90 Å². The van der Waals surface area contributed by atoms with Gasteiger partial charge in [-0.1, -0.05) is 47.5 Å². The van der Waals surface area contributed by atoms with Crippen molar-refractivity contribution in [2.45, 2.75) is 39.1 Å². The van der Waals surface area contributed by atoms with Crippen molar-refractivity contribution in [3.63, 3.8) is 0 Å². The first-order valence-corrected chi connectivity index (χ1v) is 8.75. The van der Waals surface area contributed by atoms with Gasteiger partial charge in [0, 0.05) is 13.6 Å². The van der Waals surface area contributed by atoms with Gasteiger partial charge in [-0.25, -0.2) is 8.42 Å². The van der Waals surface area contributed by atoms with Crippen LogP contribution in [-0.2, 0) is 16.6 Å². The summed E-state index contributed by atoms with van der Waals surface area (Å²) in [7, 11) is -1.86. The van der Waals surface area contributed by atoms with Crippen molar-refractivity contribution >= 4 is 10.0 Å². The van der Waals surface area contributed by atoms with E-state index in [1.54, 1.807) is 7.05 Å². The lowest BCUT2D eigenvalue weighted by atomic mass is 10.1. The van der Waals surface area contributed by atoms with E-state index in [4.69, 9.17) is 0 Å². The van der Waals surface area contributed by atoms with E-state index in [-0.39, 0.29) is 0 Å². The highest BCUT2D eigenvalue weighted by Crippen LogP contribution is 2.25. The first-order valence-electron chi connectivity index (χ1n) is 7.31. The highest BCUT2D eigenvalue weighted by atomic mass is 32.2. The summed E-state index contributed by atoms with van der Waals surface area (Å²) in [5.74, 6) is 0. The second-order valence-corrected chi connectivity index (χ2v) is 7.96. The molecule has 0 N–H and O–H groups in total. The van der Waals surface area contributed by atoms with Crippen LogP contribution in [-0.4, -0.2) is 19.8 Å². The molecule has 2 aromatic rings. The largest absolute Gasteiger partial charge is 0.243 e.